The summed E-state index contributed by atoms with van der Waals surface area (Å²) in [5.74, 6) is 0. The maximum atomic E-state index is 11.7. The van der Waals surface area contributed by atoms with E-state index in [4.69, 9.17) is 16.7 Å². The van der Waals surface area contributed by atoms with Gasteiger partial charge in [-0.1, -0.05) is 23.7 Å². The summed E-state index contributed by atoms with van der Waals surface area (Å²) in [5, 5.41) is 10.2. The van der Waals surface area contributed by atoms with Crippen molar-refractivity contribution in [3.8, 4) is 0 Å². The summed E-state index contributed by atoms with van der Waals surface area (Å²) in [4.78, 5) is 0.162. The number of hydrogen-bond donors (Lipinski definition) is 1. The molecule has 2 rings (SSSR count). The van der Waals surface area contributed by atoms with E-state index in [1.807, 2.05) is 0 Å². The molecule has 0 amide bonds. The molecule has 0 bridgehead atoms. The molecule has 0 atom stereocenters. The summed E-state index contributed by atoms with van der Waals surface area (Å²) < 4.78 is 23.4. The first kappa shape index (κ1) is 10.7. The molecule has 1 aromatic carbocycles. The van der Waals surface area contributed by atoms with Gasteiger partial charge in [0.25, 0.3) is 0 Å². The van der Waals surface area contributed by atoms with Gasteiger partial charge in [0.15, 0.2) is 0 Å². The Balaban J connectivity index is 2.68. The maximum Gasteiger partial charge on any atom is 0.202 e. The van der Waals surface area contributed by atoms with E-state index in [1.165, 1.54) is 5.41 Å². The van der Waals surface area contributed by atoms with Gasteiger partial charge in [0, 0.05) is 12.0 Å². The second kappa shape index (κ2) is 3.63. The Hall–Kier alpha value is -0.840. The molecule has 80 valence electrons. The van der Waals surface area contributed by atoms with Crippen molar-refractivity contribution in [2.24, 2.45) is 0 Å². The van der Waals surface area contributed by atoms with Crippen molar-refractivity contribution in [3.05, 3.63) is 34.2 Å². The third kappa shape index (κ3) is 1.69. The third-order valence-electron chi connectivity index (χ3n) is 2.28. The monoisotopic (exact) mass is 244 g/mol. The molecule has 1 aromatic rings. The van der Waals surface area contributed by atoms with Crippen molar-refractivity contribution in [2.45, 2.75) is 11.3 Å². The molecule has 0 spiro atoms. The van der Waals surface area contributed by atoms with Gasteiger partial charge in [-0.2, -0.15) is 0 Å². The van der Waals surface area contributed by atoms with E-state index in [9.17, 15) is 8.42 Å². The second-order valence-corrected chi connectivity index (χ2v) is 5.42. The van der Waals surface area contributed by atoms with Crippen LogP contribution in [0, 0.1) is 0 Å². The summed E-state index contributed by atoms with van der Waals surface area (Å²) in [5.41, 5.74) is 1.23. The summed E-state index contributed by atoms with van der Waals surface area (Å²) in [6.45, 7) is -0.0761. The highest BCUT2D eigenvalue weighted by Gasteiger charge is 2.28. The molecular weight excluding hydrogens is 236 g/mol. The molecule has 5 heteroatoms. The van der Waals surface area contributed by atoms with Crippen molar-refractivity contribution in [1.82, 2.24) is 0 Å². The maximum absolute atomic E-state index is 11.7. The fraction of sp³-hybridized carbons (Fsp3) is 0.200. The van der Waals surface area contributed by atoms with Crippen molar-refractivity contribution >= 4 is 27.0 Å². The number of sulfone groups is 1. The third-order valence-corrected chi connectivity index (χ3v) is 4.31. The first-order valence-electron chi connectivity index (χ1n) is 4.41. The Morgan fingerprint density at radius 3 is 2.73 bits per heavy atom. The Kier molecular flexibility index (Phi) is 2.58. The largest absolute Gasteiger partial charge is 0.396 e. The quantitative estimate of drug-likeness (QED) is 0.864. The van der Waals surface area contributed by atoms with Crippen LogP contribution in [0.1, 0.15) is 12.0 Å². The van der Waals surface area contributed by atoms with Gasteiger partial charge < -0.3 is 5.11 Å². The summed E-state index contributed by atoms with van der Waals surface area (Å²) in [7, 11) is -3.41. The Morgan fingerprint density at radius 2 is 2.07 bits per heavy atom. The Bertz CT molecular complexity index is 532. The van der Waals surface area contributed by atoms with Gasteiger partial charge in [0.2, 0.25) is 9.84 Å². The number of aliphatic hydroxyl groups excluding tert-OH is 1. The van der Waals surface area contributed by atoms with Crippen LogP contribution in [0.15, 0.2) is 28.5 Å². The number of fused-ring (bicyclic) bond motifs is 1. The fourth-order valence-corrected chi connectivity index (χ4v) is 3.75. The van der Waals surface area contributed by atoms with Crippen molar-refractivity contribution in [3.63, 3.8) is 0 Å². The predicted octanol–water partition coefficient (Wildman–Crippen LogP) is 1.85. The molecule has 0 saturated heterocycles. The van der Waals surface area contributed by atoms with E-state index >= 15 is 0 Å². The molecule has 1 heterocycles. The Morgan fingerprint density at radius 1 is 1.33 bits per heavy atom. The number of rotatable bonds is 2. The van der Waals surface area contributed by atoms with Crippen LogP contribution in [-0.4, -0.2) is 20.1 Å². The number of halogens is 1. The van der Waals surface area contributed by atoms with Gasteiger partial charge in [-0.05, 0) is 23.6 Å². The van der Waals surface area contributed by atoms with E-state index in [0.717, 1.165) is 0 Å². The molecule has 0 radical (unpaired) electrons. The van der Waals surface area contributed by atoms with Gasteiger partial charge >= 0.3 is 0 Å². The minimum Gasteiger partial charge on any atom is -0.396 e. The molecule has 1 aliphatic rings. The van der Waals surface area contributed by atoms with Gasteiger partial charge in [-0.25, -0.2) is 8.42 Å². The average Bonchev–Trinajstić information content (AvgIpc) is 2.40. The van der Waals surface area contributed by atoms with Gasteiger partial charge in [0.1, 0.15) is 0 Å². The zero-order chi connectivity index (χ0) is 11.1. The minimum atomic E-state index is -3.41. The lowest BCUT2D eigenvalue weighted by Crippen LogP contribution is -1.94. The van der Waals surface area contributed by atoms with E-state index < -0.39 is 9.84 Å². The molecule has 0 unspecified atom stereocenters. The normalized spacial score (nSPS) is 17.3. The van der Waals surface area contributed by atoms with Crippen molar-refractivity contribution in [2.75, 3.05) is 6.61 Å². The van der Waals surface area contributed by atoms with Crippen LogP contribution in [0.5, 0.6) is 0 Å². The van der Waals surface area contributed by atoms with Crippen LogP contribution < -0.4 is 0 Å². The number of benzene rings is 1. The fourth-order valence-electron chi connectivity index (χ4n) is 1.67. The number of hydrogen-bond acceptors (Lipinski definition) is 3. The highest BCUT2D eigenvalue weighted by atomic mass is 35.5. The molecular formula is C10H9ClO3S. The van der Waals surface area contributed by atoms with Gasteiger partial charge in [-0.3, -0.25) is 0 Å². The lowest BCUT2D eigenvalue weighted by Gasteiger charge is -2.03. The summed E-state index contributed by atoms with van der Waals surface area (Å²) in [6, 6.07) is 4.95. The lowest BCUT2D eigenvalue weighted by molar-refractivity contribution is 0.305. The van der Waals surface area contributed by atoms with Crippen LogP contribution in [0.3, 0.4) is 0 Å². The van der Waals surface area contributed by atoms with Crippen molar-refractivity contribution in [1.29, 1.82) is 0 Å². The molecule has 0 saturated carbocycles. The first-order chi connectivity index (χ1) is 7.06. The molecule has 15 heavy (non-hydrogen) atoms. The topological polar surface area (TPSA) is 54.4 Å². The standard InChI is InChI=1S/C10H9ClO3S/c11-9-3-1-2-8-7(4-5-12)6-15(13,14)10(8)9/h1-3,6,12H,4-5H2. The molecule has 0 fully saturated rings. The van der Waals surface area contributed by atoms with Gasteiger partial charge in [0.05, 0.1) is 9.92 Å². The number of aliphatic hydroxyl groups is 1. The lowest BCUT2D eigenvalue weighted by atomic mass is 10.1. The average molecular weight is 245 g/mol. The summed E-state index contributed by atoms with van der Waals surface area (Å²) in [6.07, 6.45) is 0.326. The zero-order valence-corrected chi connectivity index (χ0v) is 9.35. The van der Waals surface area contributed by atoms with Crippen molar-refractivity contribution < 1.29 is 13.5 Å². The van der Waals surface area contributed by atoms with Crippen LogP contribution >= 0.6 is 11.6 Å². The van der Waals surface area contributed by atoms with Crippen LogP contribution in [0.2, 0.25) is 5.02 Å². The van der Waals surface area contributed by atoms with Gasteiger partial charge in [-0.15, -0.1) is 0 Å². The predicted molar refractivity (Wildman–Crippen MR) is 58.3 cm³/mol. The SMILES string of the molecule is O=S1(=O)C=C(CCO)c2cccc(Cl)c21. The molecule has 0 aliphatic carbocycles. The van der Waals surface area contributed by atoms with Crippen LogP contribution in [-0.2, 0) is 9.84 Å². The van der Waals surface area contributed by atoms with E-state index in [0.29, 0.717) is 17.6 Å². The molecule has 3 nitrogen and oxygen atoms in total. The van der Waals surface area contributed by atoms with Crippen LogP contribution in [0.25, 0.3) is 5.57 Å². The molecule has 1 N–H and O–H groups in total. The first-order valence-corrected chi connectivity index (χ1v) is 6.34. The highest BCUT2D eigenvalue weighted by molar-refractivity contribution is 7.95. The van der Waals surface area contributed by atoms with E-state index in [2.05, 4.69) is 0 Å². The Labute approximate surface area is 92.9 Å². The summed E-state index contributed by atoms with van der Waals surface area (Å²) >= 11 is 5.84. The molecule has 1 aliphatic heterocycles. The van der Waals surface area contributed by atoms with Crippen LogP contribution in [0.4, 0.5) is 0 Å². The second-order valence-electron chi connectivity index (χ2n) is 3.28. The van der Waals surface area contributed by atoms with E-state index in [1.54, 1.807) is 18.2 Å². The zero-order valence-electron chi connectivity index (χ0n) is 7.77. The minimum absolute atomic E-state index is 0.0761. The highest BCUT2D eigenvalue weighted by Crippen LogP contribution is 2.38. The molecule has 0 aromatic heterocycles. The smallest absolute Gasteiger partial charge is 0.202 e. The van der Waals surface area contributed by atoms with E-state index in [-0.39, 0.29) is 16.5 Å².